The number of piperazine rings is 1. The fourth-order valence-electron chi connectivity index (χ4n) is 3.20. The molecular formula is C21H25ClN4O2. The minimum atomic E-state index is -0.641. The summed E-state index contributed by atoms with van der Waals surface area (Å²) in [5, 5.41) is 6.05. The molecule has 0 aliphatic carbocycles. The van der Waals surface area contributed by atoms with Gasteiger partial charge in [0.1, 0.15) is 0 Å². The molecule has 2 N–H and O–H groups in total. The van der Waals surface area contributed by atoms with Crippen LogP contribution in [0.4, 0.5) is 11.4 Å². The first-order valence-electron chi connectivity index (χ1n) is 9.40. The first-order chi connectivity index (χ1) is 13.5. The lowest BCUT2D eigenvalue weighted by molar-refractivity contribution is -0.136. The van der Waals surface area contributed by atoms with E-state index in [1.807, 2.05) is 49.4 Å². The van der Waals surface area contributed by atoms with Crippen molar-refractivity contribution in [3.63, 3.8) is 0 Å². The Morgan fingerprint density at radius 2 is 1.71 bits per heavy atom. The van der Waals surface area contributed by atoms with Crippen molar-refractivity contribution in [2.75, 3.05) is 49.5 Å². The molecule has 0 radical (unpaired) electrons. The number of carbonyl (C=O) groups is 2. The minimum absolute atomic E-state index is 0.445. The van der Waals surface area contributed by atoms with E-state index in [1.165, 1.54) is 5.69 Å². The molecule has 1 heterocycles. The second-order valence-electron chi connectivity index (χ2n) is 6.88. The highest BCUT2D eigenvalue weighted by molar-refractivity contribution is 6.39. The maximum Gasteiger partial charge on any atom is 0.313 e. The molecule has 0 atom stereocenters. The summed E-state index contributed by atoms with van der Waals surface area (Å²) in [6, 6.07) is 15.2. The Morgan fingerprint density at radius 3 is 2.39 bits per heavy atom. The number of hydrogen-bond acceptors (Lipinski definition) is 4. The van der Waals surface area contributed by atoms with Crippen molar-refractivity contribution < 1.29 is 9.59 Å². The monoisotopic (exact) mass is 400 g/mol. The van der Waals surface area contributed by atoms with Gasteiger partial charge in [-0.05, 0) is 48.9 Å². The van der Waals surface area contributed by atoms with Gasteiger partial charge in [-0.15, -0.1) is 0 Å². The van der Waals surface area contributed by atoms with Gasteiger partial charge in [-0.3, -0.25) is 14.5 Å². The third-order valence-electron chi connectivity index (χ3n) is 4.76. The van der Waals surface area contributed by atoms with E-state index in [0.717, 1.165) is 43.3 Å². The molecule has 0 saturated carbocycles. The molecule has 0 unspecified atom stereocenters. The molecule has 3 rings (SSSR count). The van der Waals surface area contributed by atoms with Crippen molar-refractivity contribution in [2.24, 2.45) is 0 Å². The Kier molecular flexibility index (Phi) is 6.90. The molecule has 6 nitrogen and oxygen atoms in total. The molecule has 2 aromatic rings. The second kappa shape index (κ2) is 9.57. The average Bonchev–Trinajstić information content (AvgIpc) is 2.69. The largest absolute Gasteiger partial charge is 0.369 e. The van der Waals surface area contributed by atoms with E-state index in [1.54, 1.807) is 6.07 Å². The summed E-state index contributed by atoms with van der Waals surface area (Å²) in [7, 11) is 0. The zero-order chi connectivity index (χ0) is 19.9. The number of nitrogens with one attached hydrogen (secondary N) is 2. The summed E-state index contributed by atoms with van der Waals surface area (Å²) in [6.45, 7) is 6.76. The van der Waals surface area contributed by atoms with Crippen molar-refractivity contribution in [3.05, 3.63) is 59.1 Å². The molecule has 2 amide bonds. The summed E-state index contributed by atoms with van der Waals surface area (Å²) in [4.78, 5) is 28.6. The molecule has 1 aliphatic rings. The molecule has 0 aromatic heterocycles. The van der Waals surface area contributed by atoms with Crippen LogP contribution >= 0.6 is 11.6 Å². The molecule has 0 spiro atoms. The van der Waals surface area contributed by atoms with E-state index in [4.69, 9.17) is 11.6 Å². The van der Waals surface area contributed by atoms with E-state index < -0.39 is 11.8 Å². The van der Waals surface area contributed by atoms with Gasteiger partial charge in [0.05, 0.1) is 0 Å². The molecule has 1 saturated heterocycles. The standard InChI is InChI=1S/C21H25ClN4O2/c1-16-3-2-4-18(15-16)24-21(28)20(27)23-9-10-25-11-13-26(14-12-25)19-7-5-17(22)6-8-19/h2-8,15H,9-14H2,1H3,(H,23,27)(H,24,28). The molecular weight excluding hydrogens is 376 g/mol. The zero-order valence-corrected chi connectivity index (χ0v) is 16.7. The molecule has 1 aliphatic heterocycles. The molecule has 28 heavy (non-hydrogen) atoms. The maximum atomic E-state index is 12.0. The minimum Gasteiger partial charge on any atom is -0.369 e. The number of hydrogen-bond donors (Lipinski definition) is 2. The predicted molar refractivity (Wildman–Crippen MR) is 113 cm³/mol. The highest BCUT2D eigenvalue weighted by Crippen LogP contribution is 2.19. The molecule has 7 heteroatoms. The van der Waals surface area contributed by atoms with E-state index in [-0.39, 0.29) is 0 Å². The maximum absolute atomic E-state index is 12.0. The fourth-order valence-corrected chi connectivity index (χ4v) is 3.33. The highest BCUT2D eigenvalue weighted by atomic mass is 35.5. The van der Waals surface area contributed by atoms with Crippen LogP contribution in [0, 0.1) is 6.92 Å². The lowest BCUT2D eigenvalue weighted by Crippen LogP contribution is -2.49. The molecule has 1 fully saturated rings. The van der Waals surface area contributed by atoms with E-state index >= 15 is 0 Å². The quantitative estimate of drug-likeness (QED) is 0.757. The van der Waals surface area contributed by atoms with Crippen LogP contribution in [0.2, 0.25) is 5.02 Å². The molecule has 0 bridgehead atoms. The number of nitrogens with zero attached hydrogens (tertiary/aromatic N) is 2. The van der Waals surface area contributed by atoms with E-state index in [9.17, 15) is 9.59 Å². The van der Waals surface area contributed by atoms with Crippen molar-refractivity contribution >= 4 is 34.8 Å². The summed E-state index contributed by atoms with van der Waals surface area (Å²) in [5.74, 6) is -1.25. The van der Waals surface area contributed by atoms with Crippen LogP contribution in [0.3, 0.4) is 0 Å². The smallest absolute Gasteiger partial charge is 0.313 e. The van der Waals surface area contributed by atoms with Crippen molar-refractivity contribution in [3.8, 4) is 0 Å². The summed E-state index contributed by atoms with van der Waals surface area (Å²) in [5.41, 5.74) is 2.82. The van der Waals surface area contributed by atoms with Gasteiger partial charge in [-0.25, -0.2) is 0 Å². The van der Waals surface area contributed by atoms with Gasteiger partial charge < -0.3 is 15.5 Å². The van der Waals surface area contributed by atoms with Crippen LogP contribution < -0.4 is 15.5 Å². The number of anilines is 2. The van der Waals surface area contributed by atoms with E-state index in [2.05, 4.69) is 20.4 Å². The topological polar surface area (TPSA) is 64.7 Å². The Hall–Kier alpha value is -2.57. The lowest BCUT2D eigenvalue weighted by Gasteiger charge is -2.36. The van der Waals surface area contributed by atoms with Gasteiger partial charge in [0.15, 0.2) is 0 Å². The summed E-state index contributed by atoms with van der Waals surface area (Å²) in [6.07, 6.45) is 0. The van der Waals surface area contributed by atoms with Crippen molar-refractivity contribution in [2.45, 2.75) is 6.92 Å². The Balaban J connectivity index is 1.36. The van der Waals surface area contributed by atoms with Crippen LogP contribution in [0.25, 0.3) is 0 Å². The van der Waals surface area contributed by atoms with Crippen LogP contribution in [0.5, 0.6) is 0 Å². The van der Waals surface area contributed by atoms with Gasteiger partial charge in [0.2, 0.25) is 0 Å². The number of aryl methyl sites for hydroxylation is 1. The summed E-state index contributed by atoms with van der Waals surface area (Å²) >= 11 is 5.94. The number of benzene rings is 2. The Bertz CT molecular complexity index is 817. The predicted octanol–water partition coefficient (Wildman–Crippen LogP) is 2.53. The van der Waals surface area contributed by atoms with Gasteiger partial charge in [-0.1, -0.05) is 23.7 Å². The van der Waals surface area contributed by atoms with E-state index in [0.29, 0.717) is 12.2 Å². The average molecular weight is 401 g/mol. The first kappa shape index (κ1) is 20.2. The van der Waals surface area contributed by atoms with Gasteiger partial charge >= 0.3 is 11.8 Å². The third kappa shape index (κ3) is 5.71. The van der Waals surface area contributed by atoms with Gasteiger partial charge in [0.25, 0.3) is 0 Å². The van der Waals surface area contributed by atoms with Gasteiger partial charge in [0, 0.05) is 55.7 Å². The normalized spacial score (nSPS) is 14.6. The highest BCUT2D eigenvalue weighted by Gasteiger charge is 2.18. The van der Waals surface area contributed by atoms with Crippen LogP contribution in [0.1, 0.15) is 5.56 Å². The van der Waals surface area contributed by atoms with Crippen molar-refractivity contribution in [1.29, 1.82) is 0 Å². The third-order valence-corrected chi connectivity index (χ3v) is 5.01. The SMILES string of the molecule is Cc1cccc(NC(=O)C(=O)NCCN2CCN(c3ccc(Cl)cc3)CC2)c1. The van der Waals surface area contributed by atoms with Crippen LogP contribution in [-0.4, -0.2) is 56.0 Å². The van der Waals surface area contributed by atoms with Crippen molar-refractivity contribution in [1.82, 2.24) is 10.2 Å². The summed E-state index contributed by atoms with van der Waals surface area (Å²) < 4.78 is 0. The number of halogens is 1. The van der Waals surface area contributed by atoms with Crippen LogP contribution in [-0.2, 0) is 9.59 Å². The molecule has 2 aromatic carbocycles. The zero-order valence-electron chi connectivity index (χ0n) is 16.0. The number of rotatable bonds is 5. The number of carbonyl (C=O) groups excluding carboxylic acids is 2. The fraction of sp³-hybridized carbons (Fsp3) is 0.333. The Labute approximate surface area is 170 Å². The number of amides is 2. The molecule has 148 valence electrons. The first-order valence-corrected chi connectivity index (χ1v) is 9.78. The lowest BCUT2D eigenvalue weighted by atomic mass is 10.2. The second-order valence-corrected chi connectivity index (χ2v) is 7.32. The van der Waals surface area contributed by atoms with Crippen LogP contribution in [0.15, 0.2) is 48.5 Å². The van der Waals surface area contributed by atoms with Gasteiger partial charge in [-0.2, -0.15) is 0 Å². The Morgan fingerprint density at radius 1 is 1.00 bits per heavy atom.